The molecule has 0 atom stereocenters. The molecule has 106 valence electrons. The van der Waals surface area contributed by atoms with E-state index in [2.05, 4.69) is 0 Å². The second-order valence-corrected chi connectivity index (χ2v) is 5.61. The zero-order valence-electron chi connectivity index (χ0n) is 10.8. The van der Waals surface area contributed by atoms with Crippen LogP contribution in [0.2, 0.25) is 0 Å². The van der Waals surface area contributed by atoms with E-state index >= 15 is 0 Å². The van der Waals surface area contributed by atoms with Gasteiger partial charge in [0.25, 0.3) is 0 Å². The van der Waals surface area contributed by atoms with Crippen molar-refractivity contribution in [3.05, 3.63) is 18.2 Å². The Kier molecular flexibility index (Phi) is 4.60. The number of hydrogen-bond acceptors (Lipinski definition) is 5. The van der Waals surface area contributed by atoms with E-state index in [4.69, 9.17) is 14.6 Å². The summed E-state index contributed by atoms with van der Waals surface area (Å²) in [6.07, 6.45) is 0.925. The van der Waals surface area contributed by atoms with Gasteiger partial charge in [-0.1, -0.05) is 0 Å². The van der Waals surface area contributed by atoms with Crippen molar-refractivity contribution in [1.82, 2.24) is 0 Å². The first kappa shape index (κ1) is 15.1. The largest absolute Gasteiger partial charge is 0.497 e. The fourth-order valence-electron chi connectivity index (χ4n) is 1.50. The number of carboxylic acid groups (broad SMARTS) is 1. The maximum Gasteiger partial charge on any atom is 0.324 e. The molecule has 0 radical (unpaired) electrons. The SMILES string of the molecule is COc1ccc(OC)c(N(CC(=O)O)S(C)(=O)=O)c1. The lowest BCUT2D eigenvalue weighted by Crippen LogP contribution is -2.35. The van der Waals surface area contributed by atoms with Gasteiger partial charge in [-0.05, 0) is 12.1 Å². The Morgan fingerprint density at radius 2 is 1.95 bits per heavy atom. The van der Waals surface area contributed by atoms with Gasteiger partial charge in [0.2, 0.25) is 10.0 Å². The zero-order valence-corrected chi connectivity index (χ0v) is 11.6. The minimum Gasteiger partial charge on any atom is -0.497 e. The molecule has 7 nitrogen and oxygen atoms in total. The number of hydrogen-bond donors (Lipinski definition) is 1. The molecule has 0 saturated carbocycles. The van der Waals surface area contributed by atoms with Gasteiger partial charge >= 0.3 is 5.97 Å². The molecule has 8 heteroatoms. The zero-order chi connectivity index (χ0) is 14.6. The average molecular weight is 289 g/mol. The lowest BCUT2D eigenvalue weighted by molar-refractivity contribution is -0.135. The minimum absolute atomic E-state index is 0.117. The molecule has 1 rings (SSSR count). The van der Waals surface area contributed by atoms with E-state index in [0.29, 0.717) is 5.75 Å². The molecule has 1 N–H and O–H groups in total. The summed E-state index contributed by atoms with van der Waals surface area (Å²) in [7, 11) is -0.962. The number of aliphatic carboxylic acids is 1. The number of rotatable bonds is 6. The van der Waals surface area contributed by atoms with Crippen LogP contribution in [0.15, 0.2) is 18.2 Å². The average Bonchev–Trinajstić information content (AvgIpc) is 2.33. The molecule has 0 aromatic heterocycles. The van der Waals surface area contributed by atoms with Crippen LogP contribution >= 0.6 is 0 Å². The number of sulfonamides is 1. The van der Waals surface area contributed by atoms with Crippen LogP contribution in [-0.2, 0) is 14.8 Å². The second kappa shape index (κ2) is 5.79. The Hall–Kier alpha value is -1.96. The molecular formula is C11H15NO6S. The van der Waals surface area contributed by atoms with E-state index in [1.807, 2.05) is 0 Å². The van der Waals surface area contributed by atoms with Gasteiger partial charge < -0.3 is 14.6 Å². The Bertz CT molecular complexity index is 569. The summed E-state index contributed by atoms with van der Waals surface area (Å²) >= 11 is 0. The third-order valence-corrected chi connectivity index (χ3v) is 3.46. The minimum atomic E-state index is -3.75. The van der Waals surface area contributed by atoms with Crippen LogP contribution in [0, 0.1) is 0 Å². The molecular weight excluding hydrogens is 274 g/mol. The van der Waals surface area contributed by atoms with Gasteiger partial charge in [0, 0.05) is 6.07 Å². The van der Waals surface area contributed by atoms with Gasteiger partial charge in [0.05, 0.1) is 26.2 Å². The molecule has 19 heavy (non-hydrogen) atoms. The first-order valence-electron chi connectivity index (χ1n) is 5.21. The summed E-state index contributed by atoms with van der Waals surface area (Å²) in [5, 5.41) is 8.82. The number of benzene rings is 1. The quantitative estimate of drug-likeness (QED) is 0.822. The smallest absolute Gasteiger partial charge is 0.324 e. The van der Waals surface area contributed by atoms with E-state index in [-0.39, 0.29) is 11.4 Å². The maximum atomic E-state index is 11.7. The summed E-state index contributed by atoms with van der Waals surface area (Å²) in [6, 6.07) is 4.50. The summed E-state index contributed by atoms with van der Waals surface area (Å²) in [5.41, 5.74) is 0.117. The standard InChI is InChI=1S/C11H15NO6S/c1-17-8-4-5-10(18-2)9(6-8)12(7-11(13)14)19(3,15)16/h4-6H,7H2,1-3H3,(H,13,14). The van der Waals surface area contributed by atoms with E-state index in [0.717, 1.165) is 10.6 Å². The summed E-state index contributed by atoms with van der Waals surface area (Å²) in [6.45, 7) is -0.692. The molecule has 0 bridgehead atoms. The Morgan fingerprint density at radius 3 is 2.37 bits per heavy atom. The Morgan fingerprint density at radius 1 is 1.32 bits per heavy atom. The van der Waals surface area contributed by atoms with Crippen molar-refractivity contribution < 1.29 is 27.8 Å². The van der Waals surface area contributed by atoms with Crippen LogP contribution in [0.25, 0.3) is 0 Å². The number of carbonyl (C=O) groups is 1. The van der Waals surface area contributed by atoms with E-state index in [1.165, 1.54) is 26.4 Å². The molecule has 0 aliphatic heterocycles. The highest BCUT2D eigenvalue weighted by Crippen LogP contribution is 2.33. The van der Waals surface area contributed by atoms with Gasteiger partial charge in [0.15, 0.2) is 0 Å². The van der Waals surface area contributed by atoms with Crippen LogP contribution in [0.3, 0.4) is 0 Å². The van der Waals surface area contributed by atoms with E-state index in [9.17, 15) is 13.2 Å². The van der Waals surface area contributed by atoms with Crippen molar-refractivity contribution in [1.29, 1.82) is 0 Å². The molecule has 0 heterocycles. The van der Waals surface area contributed by atoms with Crippen LogP contribution in [0.4, 0.5) is 5.69 Å². The van der Waals surface area contributed by atoms with Gasteiger partial charge in [0.1, 0.15) is 18.0 Å². The molecule has 0 amide bonds. The van der Waals surface area contributed by atoms with Crippen LogP contribution < -0.4 is 13.8 Å². The van der Waals surface area contributed by atoms with Gasteiger partial charge in [-0.15, -0.1) is 0 Å². The summed E-state index contributed by atoms with van der Waals surface area (Å²) in [5.74, 6) is -0.627. The number of anilines is 1. The molecule has 0 unspecified atom stereocenters. The Balaban J connectivity index is 3.39. The third kappa shape index (κ3) is 3.75. The maximum absolute atomic E-state index is 11.7. The fraction of sp³-hybridized carbons (Fsp3) is 0.364. The van der Waals surface area contributed by atoms with Gasteiger partial charge in [-0.25, -0.2) is 8.42 Å². The lowest BCUT2D eigenvalue weighted by atomic mass is 10.2. The fourth-order valence-corrected chi connectivity index (χ4v) is 2.34. The van der Waals surface area contributed by atoms with Crippen molar-refractivity contribution in [2.75, 3.05) is 31.3 Å². The second-order valence-electron chi connectivity index (χ2n) is 3.70. The first-order chi connectivity index (χ1) is 8.79. The number of carboxylic acids is 1. The Labute approximate surface area is 111 Å². The predicted molar refractivity (Wildman–Crippen MR) is 69.4 cm³/mol. The van der Waals surface area contributed by atoms with E-state index < -0.39 is 22.5 Å². The molecule has 1 aromatic rings. The normalized spacial score (nSPS) is 10.9. The molecule has 0 spiro atoms. The number of methoxy groups -OCH3 is 2. The highest BCUT2D eigenvalue weighted by Gasteiger charge is 2.24. The van der Waals surface area contributed by atoms with Crippen LogP contribution in [-0.4, -0.2) is 46.5 Å². The number of nitrogens with zero attached hydrogens (tertiary/aromatic N) is 1. The summed E-state index contributed by atoms with van der Waals surface area (Å²) in [4.78, 5) is 10.8. The highest BCUT2D eigenvalue weighted by molar-refractivity contribution is 7.92. The highest BCUT2D eigenvalue weighted by atomic mass is 32.2. The monoisotopic (exact) mass is 289 g/mol. The van der Waals surface area contributed by atoms with Crippen LogP contribution in [0.1, 0.15) is 0 Å². The topological polar surface area (TPSA) is 93.1 Å². The van der Waals surface area contributed by atoms with Gasteiger partial charge in [-0.3, -0.25) is 9.10 Å². The summed E-state index contributed by atoms with van der Waals surface area (Å²) < 4.78 is 34.2. The predicted octanol–water partition coefficient (Wildman–Crippen LogP) is 0.554. The molecule has 1 aromatic carbocycles. The lowest BCUT2D eigenvalue weighted by Gasteiger charge is -2.22. The van der Waals surface area contributed by atoms with Crippen molar-refractivity contribution >= 4 is 21.7 Å². The first-order valence-corrected chi connectivity index (χ1v) is 7.06. The van der Waals surface area contributed by atoms with Crippen molar-refractivity contribution in [2.45, 2.75) is 0 Å². The van der Waals surface area contributed by atoms with Crippen molar-refractivity contribution in [3.63, 3.8) is 0 Å². The third-order valence-electron chi connectivity index (χ3n) is 2.33. The van der Waals surface area contributed by atoms with E-state index in [1.54, 1.807) is 6.07 Å². The van der Waals surface area contributed by atoms with Gasteiger partial charge in [-0.2, -0.15) is 0 Å². The molecule has 0 aliphatic carbocycles. The van der Waals surface area contributed by atoms with Crippen molar-refractivity contribution in [2.24, 2.45) is 0 Å². The molecule has 0 fully saturated rings. The van der Waals surface area contributed by atoms with Crippen LogP contribution in [0.5, 0.6) is 11.5 Å². The number of ether oxygens (including phenoxy) is 2. The van der Waals surface area contributed by atoms with Crippen molar-refractivity contribution in [3.8, 4) is 11.5 Å². The molecule has 0 aliphatic rings. The molecule has 0 saturated heterocycles.